The molecule has 23 heavy (non-hydrogen) atoms. The van der Waals surface area contributed by atoms with Crippen molar-refractivity contribution in [3.8, 4) is 5.75 Å². The fraction of sp³-hybridized carbons (Fsp3) is 0.579. The summed E-state index contributed by atoms with van der Waals surface area (Å²) in [4.78, 5) is 2.27. The third-order valence-electron chi connectivity index (χ3n) is 3.58. The highest BCUT2D eigenvalue weighted by atomic mass is 16.5. The van der Waals surface area contributed by atoms with E-state index in [9.17, 15) is 5.11 Å². The Morgan fingerprint density at radius 1 is 1.35 bits per heavy atom. The first-order valence-corrected chi connectivity index (χ1v) is 8.27. The quantitative estimate of drug-likeness (QED) is 0.474. The molecule has 0 aromatic heterocycles. The minimum Gasteiger partial charge on any atom is -0.497 e. The molecule has 1 N–H and O–H groups in total. The van der Waals surface area contributed by atoms with Gasteiger partial charge in [0.2, 0.25) is 0 Å². The molecular weight excluding hydrogens is 290 g/mol. The summed E-state index contributed by atoms with van der Waals surface area (Å²) in [6, 6.07) is 8.08. The summed E-state index contributed by atoms with van der Waals surface area (Å²) >= 11 is 0. The lowest BCUT2D eigenvalue weighted by atomic mass is 10.1. The molecule has 1 aromatic rings. The normalized spacial score (nSPS) is 12.6. The van der Waals surface area contributed by atoms with Crippen LogP contribution in [0.2, 0.25) is 0 Å². The van der Waals surface area contributed by atoms with Crippen molar-refractivity contribution in [2.75, 3.05) is 33.4 Å². The Labute approximate surface area is 140 Å². The number of methoxy groups -OCH3 is 1. The third-order valence-corrected chi connectivity index (χ3v) is 3.58. The predicted octanol–water partition coefficient (Wildman–Crippen LogP) is 3.11. The molecule has 0 spiro atoms. The molecule has 0 saturated heterocycles. The van der Waals surface area contributed by atoms with E-state index in [1.54, 1.807) is 13.2 Å². The summed E-state index contributed by atoms with van der Waals surface area (Å²) in [5, 5.41) is 10.2. The maximum atomic E-state index is 10.2. The Balaban J connectivity index is 2.61. The van der Waals surface area contributed by atoms with Crippen LogP contribution < -0.4 is 4.74 Å². The highest BCUT2D eigenvalue weighted by Crippen LogP contribution is 2.15. The van der Waals surface area contributed by atoms with Crippen LogP contribution in [0.3, 0.4) is 0 Å². The van der Waals surface area contributed by atoms with E-state index in [4.69, 9.17) is 9.47 Å². The lowest BCUT2D eigenvalue weighted by Crippen LogP contribution is -2.35. The molecule has 0 heterocycles. The van der Waals surface area contributed by atoms with E-state index < -0.39 is 6.10 Å². The van der Waals surface area contributed by atoms with Crippen molar-refractivity contribution in [2.45, 2.75) is 32.9 Å². The first-order chi connectivity index (χ1) is 11.0. The third kappa shape index (κ3) is 8.74. The zero-order chi connectivity index (χ0) is 17.1. The number of nitrogens with zero attached hydrogens (tertiary/aromatic N) is 1. The van der Waals surface area contributed by atoms with Gasteiger partial charge in [0.15, 0.2) is 0 Å². The van der Waals surface area contributed by atoms with E-state index in [-0.39, 0.29) is 0 Å². The molecule has 0 aliphatic heterocycles. The largest absolute Gasteiger partial charge is 0.497 e. The van der Waals surface area contributed by atoms with Crippen LogP contribution in [0.4, 0.5) is 0 Å². The monoisotopic (exact) mass is 321 g/mol. The van der Waals surface area contributed by atoms with E-state index in [0.29, 0.717) is 25.7 Å². The summed E-state index contributed by atoms with van der Waals surface area (Å²) in [5.41, 5.74) is 1.19. The molecule has 0 fully saturated rings. The van der Waals surface area contributed by atoms with E-state index in [1.165, 1.54) is 5.56 Å². The van der Waals surface area contributed by atoms with Gasteiger partial charge in [-0.25, -0.2) is 0 Å². The van der Waals surface area contributed by atoms with Crippen LogP contribution in [0.1, 0.15) is 25.8 Å². The van der Waals surface area contributed by atoms with Crippen LogP contribution in [-0.2, 0) is 11.3 Å². The van der Waals surface area contributed by atoms with Gasteiger partial charge in [-0.05, 0) is 36.6 Å². The van der Waals surface area contributed by atoms with E-state index in [2.05, 4.69) is 31.4 Å². The summed E-state index contributed by atoms with van der Waals surface area (Å²) in [6.45, 7) is 11.2. The molecule has 0 bridgehead atoms. The first kappa shape index (κ1) is 19.7. The summed E-state index contributed by atoms with van der Waals surface area (Å²) in [6.07, 6.45) is 2.30. The second-order valence-corrected chi connectivity index (χ2v) is 6.25. The molecule has 0 amide bonds. The van der Waals surface area contributed by atoms with Crippen molar-refractivity contribution in [1.82, 2.24) is 4.90 Å². The molecule has 0 aliphatic carbocycles. The Hall–Kier alpha value is -1.36. The van der Waals surface area contributed by atoms with Crippen LogP contribution in [-0.4, -0.2) is 49.5 Å². The second kappa shape index (κ2) is 11.2. The zero-order valence-corrected chi connectivity index (χ0v) is 14.7. The molecule has 1 atom stereocenters. The number of benzene rings is 1. The predicted molar refractivity (Wildman–Crippen MR) is 94.7 cm³/mol. The Kier molecular flexibility index (Phi) is 9.60. The first-order valence-electron chi connectivity index (χ1n) is 8.27. The molecule has 1 rings (SSSR count). The van der Waals surface area contributed by atoms with E-state index in [0.717, 1.165) is 25.3 Å². The number of hydrogen-bond acceptors (Lipinski definition) is 4. The standard InChI is InChI=1S/C19H31NO3/c1-5-11-23-15-18(21)14-20(10-9-16(2)3)13-17-7-6-8-19(12-17)22-4/h5-8,12,16,18,21H,1,9-11,13-15H2,2-4H3/t18-/m0/s1. The van der Waals surface area contributed by atoms with Crippen molar-refractivity contribution in [3.05, 3.63) is 42.5 Å². The molecule has 130 valence electrons. The minimum atomic E-state index is -0.493. The van der Waals surface area contributed by atoms with Crippen molar-refractivity contribution in [1.29, 1.82) is 0 Å². The maximum Gasteiger partial charge on any atom is 0.119 e. The van der Waals surface area contributed by atoms with Gasteiger partial charge in [0, 0.05) is 13.1 Å². The lowest BCUT2D eigenvalue weighted by molar-refractivity contribution is 0.0237. The molecule has 0 unspecified atom stereocenters. The van der Waals surface area contributed by atoms with Crippen LogP contribution in [0, 0.1) is 5.92 Å². The number of hydrogen-bond donors (Lipinski definition) is 1. The molecule has 1 aromatic carbocycles. The van der Waals surface area contributed by atoms with Crippen LogP contribution in [0.15, 0.2) is 36.9 Å². The molecule has 0 radical (unpaired) electrons. The van der Waals surface area contributed by atoms with E-state index >= 15 is 0 Å². The maximum absolute atomic E-state index is 10.2. The van der Waals surface area contributed by atoms with Gasteiger partial charge in [-0.15, -0.1) is 6.58 Å². The number of aliphatic hydroxyl groups is 1. The summed E-state index contributed by atoms with van der Waals surface area (Å²) < 4.78 is 10.6. The smallest absolute Gasteiger partial charge is 0.119 e. The zero-order valence-electron chi connectivity index (χ0n) is 14.7. The average molecular weight is 321 g/mol. The molecule has 4 heteroatoms. The highest BCUT2D eigenvalue weighted by Gasteiger charge is 2.13. The lowest BCUT2D eigenvalue weighted by Gasteiger charge is -2.26. The number of ether oxygens (including phenoxy) is 2. The van der Waals surface area contributed by atoms with Gasteiger partial charge < -0.3 is 14.6 Å². The van der Waals surface area contributed by atoms with Gasteiger partial charge in [0.25, 0.3) is 0 Å². The van der Waals surface area contributed by atoms with Crippen LogP contribution in [0.5, 0.6) is 5.75 Å². The summed E-state index contributed by atoms with van der Waals surface area (Å²) in [7, 11) is 1.68. The highest BCUT2D eigenvalue weighted by molar-refractivity contribution is 5.28. The van der Waals surface area contributed by atoms with Crippen molar-refractivity contribution < 1.29 is 14.6 Å². The van der Waals surface area contributed by atoms with Crippen molar-refractivity contribution in [3.63, 3.8) is 0 Å². The fourth-order valence-corrected chi connectivity index (χ4v) is 2.34. The Morgan fingerprint density at radius 3 is 2.78 bits per heavy atom. The van der Waals surface area contributed by atoms with Gasteiger partial charge in [-0.1, -0.05) is 32.1 Å². The molecule has 0 aliphatic rings. The molecule has 0 saturated carbocycles. The van der Waals surface area contributed by atoms with Crippen molar-refractivity contribution in [2.24, 2.45) is 5.92 Å². The van der Waals surface area contributed by atoms with Gasteiger partial charge in [-0.3, -0.25) is 4.90 Å². The summed E-state index contributed by atoms with van der Waals surface area (Å²) in [5.74, 6) is 1.50. The molecular formula is C19H31NO3. The SMILES string of the molecule is C=CCOC[C@@H](O)CN(CCC(C)C)Cc1cccc(OC)c1. The van der Waals surface area contributed by atoms with Gasteiger partial charge in [0.05, 0.1) is 26.4 Å². The minimum absolute atomic E-state index is 0.336. The number of rotatable bonds is 12. The van der Waals surface area contributed by atoms with Gasteiger partial charge >= 0.3 is 0 Å². The second-order valence-electron chi connectivity index (χ2n) is 6.25. The van der Waals surface area contributed by atoms with Crippen LogP contribution in [0.25, 0.3) is 0 Å². The number of aliphatic hydroxyl groups excluding tert-OH is 1. The Bertz CT molecular complexity index is 448. The topological polar surface area (TPSA) is 41.9 Å². The Morgan fingerprint density at radius 2 is 2.13 bits per heavy atom. The van der Waals surface area contributed by atoms with Gasteiger partial charge in [0.1, 0.15) is 5.75 Å². The fourth-order valence-electron chi connectivity index (χ4n) is 2.34. The van der Waals surface area contributed by atoms with Crippen LogP contribution >= 0.6 is 0 Å². The van der Waals surface area contributed by atoms with Crippen molar-refractivity contribution >= 4 is 0 Å². The molecule has 4 nitrogen and oxygen atoms in total. The van der Waals surface area contributed by atoms with E-state index in [1.807, 2.05) is 18.2 Å². The average Bonchev–Trinajstić information content (AvgIpc) is 2.53. The van der Waals surface area contributed by atoms with Gasteiger partial charge in [-0.2, -0.15) is 0 Å².